The van der Waals surface area contributed by atoms with Crippen molar-refractivity contribution in [1.82, 2.24) is 0 Å². The van der Waals surface area contributed by atoms with E-state index < -0.39 is 6.10 Å². The number of rotatable bonds is 5. The van der Waals surface area contributed by atoms with E-state index in [9.17, 15) is 5.11 Å². The van der Waals surface area contributed by atoms with Gasteiger partial charge in [-0.3, -0.25) is 0 Å². The normalized spacial score (nSPS) is 29.4. The van der Waals surface area contributed by atoms with E-state index in [1.807, 2.05) is 0 Å². The van der Waals surface area contributed by atoms with Crippen LogP contribution >= 0.6 is 0 Å². The van der Waals surface area contributed by atoms with Crippen LogP contribution in [0, 0.1) is 17.8 Å². The summed E-state index contributed by atoms with van der Waals surface area (Å²) in [6, 6.07) is 0. The lowest BCUT2D eigenvalue weighted by Gasteiger charge is -2.31. The Morgan fingerprint density at radius 2 is 1.73 bits per heavy atom. The minimum Gasteiger partial charge on any atom is -0.394 e. The molecule has 0 aliphatic heterocycles. The molecule has 0 amide bonds. The van der Waals surface area contributed by atoms with Crippen LogP contribution in [0.25, 0.3) is 0 Å². The SMILES string of the molecule is CC(C)C1CCC(CCC(O)CO)CC1. The van der Waals surface area contributed by atoms with E-state index >= 15 is 0 Å². The lowest BCUT2D eigenvalue weighted by molar-refractivity contribution is 0.0784. The first kappa shape index (κ1) is 13.0. The van der Waals surface area contributed by atoms with E-state index in [0.29, 0.717) is 0 Å². The first-order chi connectivity index (χ1) is 7.13. The van der Waals surface area contributed by atoms with E-state index in [2.05, 4.69) is 13.8 Å². The summed E-state index contributed by atoms with van der Waals surface area (Å²) in [5, 5.41) is 18.0. The monoisotopic (exact) mass is 214 g/mol. The van der Waals surface area contributed by atoms with Gasteiger partial charge in [-0.2, -0.15) is 0 Å². The van der Waals surface area contributed by atoms with Crippen LogP contribution in [-0.2, 0) is 0 Å². The molecule has 1 fully saturated rings. The lowest BCUT2D eigenvalue weighted by Crippen LogP contribution is -2.20. The Hall–Kier alpha value is -0.0800. The molecule has 90 valence electrons. The molecule has 1 aliphatic rings. The quantitative estimate of drug-likeness (QED) is 0.738. The predicted molar refractivity (Wildman–Crippen MR) is 62.6 cm³/mol. The van der Waals surface area contributed by atoms with Crippen LogP contribution in [0.3, 0.4) is 0 Å². The van der Waals surface area contributed by atoms with Gasteiger partial charge in [0.25, 0.3) is 0 Å². The van der Waals surface area contributed by atoms with Crippen LogP contribution in [0.2, 0.25) is 0 Å². The van der Waals surface area contributed by atoms with E-state index in [4.69, 9.17) is 5.11 Å². The lowest BCUT2D eigenvalue weighted by atomic mass is 9.75. The fourth-order valence-electron chi connectivity index (χ4n) is 2.66. The molecule has 0 spiro atoms. The second-order valence-electron chi connectivity index (χ2n) is 5.44. The van der Waals surface area contributed by atoms with Gasteiger partial charge in [-0.25, -0.2) is 0 Å². The maximum absolute atomic E-state index is 9.28. The average molecular weight is 214 g/mol. The summed E-state index contributed by atoms with van der Waals surface area (Å²) in [6.07, 6.45) is 6.73. The molecule has 0 saturated heterocycles. The van der Waals surface area contributed by atoms with Gasteiger partial charge in [-0.05, 0) is 43.4 Å². The molecule has 0 aromatic carbocycles. The van der Waals surface area contributed by atoms with Gasteiger partial charge < -0.3 is 10.2 Å². The van der Waals surface area contributed by atoms with Gasteiger partial charge in [-0.15, -0.1) is 0 Å². The van der Waals surface area contributed by atoms with Gasteiger partial charge in [0.15, 0.2) is 0 Å². The average Bonchev–Trinajstić information content (AvgIpc) is 2.26. The van der Waals surface area contributed by atoms with Crippen LogP contribution in [-0.4, -0.2) is 22.9 Å². The van der Waals surface area contributed by atoms with Crippen molar-refractivity contribution in [2.24, 2.45) is 17.8 Å². The molecule has 2 N–H and O–H groups in total. The fourth-order valence-corrected chi connectivity index (χ4v) is 2.66. The third-order valence-electron chi connectivity index (χ3n) is 3.95. The number of hydrogen-bond donors (Lipinski definition) is 2. The summed E-state index contributed by atoms with van der Waals surface area (Å²) in [6.45, 7) is 4.56. The van der Waals surface area contributed by atoms with Crippen LogP contribution in [0.5, 0.6) is 0 Å². The van der Waals surface area contributed by atoms with Gasteiger partial charge in [0, 0.05) is 0 Å². The molecular formula is C13H26O2. The summed E-state index contributed by atoms with van der Waals surface area (Å²) < 4.78 is 0. The van der Waals surface area contributed by atoms with E-state index in [0.717, 1.165) is 30.6 Å². The summed E-state index contributed by atoms with van der Waals surface area (Å²) in [4.78, 5) is 0. The minimum absolute atomic E-state index is 0.0820. The Morgan fingerprint density at radius 3 is 2.20 bits per heavy atom. The number of aliphatic hydroxyl groups excluding tert-OH is 2. The Morgan fingerprint density at radius 1 is 1.13 bits per heavy atom. The molecule has 1 aliphatic carbocycles. The van der Waals surface area contributed by atoms with Crippen molar-refractivity contribution >= 4 is 0 Å². The van der Waals surface area contributed by atoms with Crippen LogP contribution < -0.4 is 0 Å². The molecular weight excluding hydrogens is 188 g/mol. The third-order valence-corrected chi connectivity index (χ3v) is 3.95. The van der Waals surface area contributed by atoms with E-state index in [1.165, 1.54) is 25.7 Å². The molecule has 0 aromatic rings. The number of hydrogen-bond acceptors (Lipinski definition) is 2. The van der Waals surface area contributed by atoms with Crippen molar-refractivity contribution in [2.45, 2.75) is 58.5 Å². The molecule has 2 heteroatoms. The zero-order valence-corrected chi connectivity index (χ0v) is 10.2. The van der Waals surface area contributed by atoms with Crippen molar-refractivity contribution in [2.75, 3.05) is 6.61 Å². The molecule has 2 nitrogen and oxygen atoms in total. The zero-order valence-electron chi connectivity index (χ0n) is 10.2. The van der Waals surface area contributed by atoms with Crippen molar-refractivity contribution in [1.29, 1.82) is 0 Å². The summed E-state index contributed by atoms with van der Waals surface area (Å²) in [5.41, 5.74) is 0. The van der Waals surface area contributed by atoms with Crippen LogP contribution in [0.15, 0.2) is 0 Å². The van der Waals surface area contributed by atoms with Gasteiger partial charge >= 0.3 is 0 Å². The van der Waals surface area contributed by atoms with Gasteiger partial charge in [0.2, 0.25) is 0 Å². The Kier molecular flexibility index (Phi) is 5.62. The molecule has 1 atom stereocenters. The highest BCUT2D eigenvalue weighted by Crippen LogP contribution is 2.35. The third kappa shape index (κ3) is 4.52. The zero-order chi connectivity index (χ0) is 11.3. The van der Waals surface area contributed by atoms with Gasteiger partial charge in [0.05, 0.1) is 12.7 Å². The fraction of sp³-hybridized carbons (Fsp3) is 1.00. The Bertz CT molecular complexity index is 160. The summed E-state index contributed by atoms with van der Waals surface area (Å²) in [5.74, 6) is 2.54. The highest BCUT2D eigenvalue weighted by molar-refractivity contribution is 4.75. The molecule has 1 rings (SSSR count). The maximum atomic E-state index is 9.28. The van der Waals surface area contributed by atoms with Gasteiger partial charge in [-0.1, -0.05) is 26.7 Å². The Labute approximate surface area is 93.7 Å². The minimum atomic E-state index is -0.493. The highest BCUT2D eigenvalue weighted by atomic mass is 16.3. The molecule has 1 saturated carbocycles. The Balaban J connectivity index is 2.14. The predicted octanol–water partition coefficient (Wildman–Crippen LogP) is 2.58. The topological polar surface area (TPSA) is 40.5 Å². The van der Waals surface area contributed by atoms with E-state index in [-0.39, 0.29) is 6.61 Å². The molecule has 1 unspecified atom stereocenters. The molecule has 0 aromatic heterocycles. The first-order valence-electron chi connectivity index (χ1n) is 6.42. The van der Waals surface area contributed by atoms with Gasteiger partial charge in [0.1, 0.15) is 0 Å². The van der Waals surface area contributed by atoms with Crippen molar-refractivity contribution in [3.05, 3.63) is 0 Å². The molecule has 0 heterocycles. The van der Waals surface area contributed by atoms with Crippen molar-refractivity contribution in [3.63, 3.8) is 0 Å². The van der Waals surface area contributed by atoms with Crippen molar-refractivity contribution in [3.8, 4) is 0 Å². The summed E-state index contributed by atoms with van der Waals surface area (Å²) >= 11 is 0. The van der Waals surface area contributed by atoms with E-state index in [1.54, 1.807) is 0 Å². The second-order valence-corrected chi connectivity index (χ2v) is 5.44. The van der Waals surface area contributed by atoms with Crippen LogP contribution in [0.4, 0.5) is 0 Å². The van der Waals surface area contributed by atoms with Crippen molar-refractivity contribution < 1.29 is 10.2 Å². The molecule has 0 radical (unpaired) electrons. The number of aliphatic hydroxyl groups is 2. The highest BCUT2D eigenvalue weighted by Gasteiger charge is 2.23. The largest absolute Gasteiger partial charge is 0.394 e. The first-order valence-corrected chi connectivity index (χ1v) is 6.42. The smallest absolute Gasteiger partial charge is 0.0771 e. The summed E-state index contributed by atoms with van der Waals surface area (Å²) in [7, 11) is 0. The second kappa shape index (κ2) is 6.49. The molecule has 0 bridgehead atoms. The molecule has 15 heavy (non-hydrogen) atoms. The van der Waals surface area contributed by atoms with Crippen LogP contribution in [0.1, 0.15) is 52.4 Å². The maximum Gasteiger partial charge on any atom is 0.0771 e. The standard InChI is InChI=1S/C13H26O2/c1-10(2)12-6-3-11(4-7-12)5-8-13(15)9-14/h10-15H,3-9H2,1-2H3.